The molecule has 2 aromatic heterocycles. The van der Waals surface area contributed by atoms with Gasteiger partial charge in [-0.1, -0.05) is 13.0 Å². The Morgan fingerprint density at radius 3 is 3.00 bits per heavy atom. The molecule has 4 heteroatoms. The molecule has 0 aliphatic rings. The van der Waals surface area contributed by atoms with Gasteiger partial charge in [0.05, 0.1) is 10.9 Å². The van der Waals surface area contributed by atoms with Gasteiger partial charge in [-0.2, -0.15) is 5.26 Å². The van der Waals surface area contributed by atoms with Crippen LogP contribution in [0.1, 0.15) is 30.8 Å². The first-order valence-electron chi connectivity index (χ1n) is 5.26. The summed E-state index contributed by atoms with van der Waals surface area (Å²) in [7, 11) is 0. The van der Waals surface area contributed by atoms with E-state index in [-0.39, 0.29) is 5.92 Å². The average molecular weight is 231 g/mol. The summed E-state index contributed by atoms with van der Waals surface area (Å²) < 4.78 is 0. The summed E-state index contributed by atoms with van der Waals surface area (Å²) in [5.41, 5.74) is 2.00. The maximum Gasteiger partial charge on any atom is 0.124 e. The van der Waals surface area contributed by atoms with Crippen molar-refractivity contribution in [3.63, 3.8) is 0 Å². The Bertz CT molecular complexity index is 505. The van der Waals surface area contributed by atoms with Crippen molar-refractivity contribution in [1.29, 1.82) is 5.26 Å². The van der Waals surface area contributed by atoms with Gasteiger partial charge in [-0.3, -0.25) is 0 Å². The molecule has 2 heterocycles. The van der Waals surface area contributed by atoms with Crippen LogP contribution in [0.4, 0.5) is 0 Å². The van der Waals surface area contributed by atoms with E-state index in [0.717, 1.165) is 28.5 Å². The number of imidazole rings is 1. The maximum absolute atomic E-state index is 9.00. The fraction of sp³-hybridized carbons (Fsp3) is 0.333. The highest BCUT2D eigenvalue weighted by Crippen LogP contribution is 2.28. The lowest BCUT2D eigenvalue weighted by Crippen LogP contribution is -1.96. The molecule has 0 saturated carbocycles. The molecule has 16 heavy (non-hydrogen) atoms. The summed E-state index contributed by atoms with van der Waals surface area (Å²) in [5.74, 6) is 0.651. The number of aromatic amines is 1. The van der Waals surface area contributed by atoms with Gasteiger partial charge in [0.2, 0.25) is 0 Å². The standard InChI is InChI=1S/C12H13N3S/c1-3-9(7-13)12-14-8(2)11(15-12)10-5-4-6-16-10/h4-6,9H,3H2,1-2H3,(H,14,15). The normalized spacial score (nSPS) is 12.3. The summed E-state index contributed by atoms with van der Waals surface area (Å²) in [6, 6.07) is 6.32. The van der Waals surface area contributed by atoms with E-state index in [1.54, 1.807) is 11.3 Å². The van der Waals surface area contributed by atoms with E-state index in [9.17, 15) is 0 Å². The molecule has 0 amide bonds. The topological polar surface area (TPSA) is 52.5 Å². The average Bonchev–Trinajstić information content (AvgIpc) is 2.89. The van der Waals surface area contributed by atoms with Crippen LogP contribution in [0.5, 0.6) is 0 Å². The zero-order valence-corrected chi connectivity index (χ0v) is 10.1. The Hall–Kier alpha value is -1.60. The van der Waals surface area contributed by atoms with Crippen LogP contribution in [0.25, 0.3) is 10.6 Å². The van der Waals surface area contributed by atoms with Gasteiger partial charge in [0.1, 0.15) is 17.4 Å². The number of H-pyrrole nitrogens is 1. The maximum atomic E-state index is 9.00. The first-order chi connectivity index (χ1) is 7.76. The molecule has 0 aromatic carbocycles. The van der Waals surface area contributed by atoms with E-state index in [2.05, 4.69) is 16.0 Å². The minimum atomic E-state index is -0.132. The van der Waals surface area contributed by atoms with E-state index in [0.29, 0.717) is 0 Å². The molecule has 82 valence electrons. The minimum absolute atomic E-state index is 0.132. The first kappa shape index (κ1) is 10.9. The number of hydrogen-bond donors (Lipinski definition) is 1. The number of thiophene rings is 1. The smallest absolute Gasteiger partial charge is 0.124 e. The van der Waals surface area contributed by atoms with Gasteiger partial charge in [0, 0.05) is 5.69 Å². The van der Waals surface area contributed by atoms with Gasteiger partial charge in [-0.05, 0) is 24.8 Å². The van der Waals surface area contributed by atoms with Crippen molar-refractivity contribution in [3.05, 3.63) is 29.0 Å². The van der Waals surface area contributed by atoms with Gasteiger partial charge in [0.15, 0.2) is 0 Å². The van der Waals surface area contributed by atoms with Crippen LogP contribution in [0, 0.1) is 18.3 Å². The zero-order valence-electron chi connectivity index (χ0n) is 9.32. The van der Waals surface area contributed by atoms with Crippen LogP contribution in [0.3, 0.4) is 0 Å². The van der Waals surface area contributed by atoms with E-state index in [1.165, 1.54) is 0 Å². The summed E-state index contributed by atoms with van der Waals surface area (Å²) in [5, 5.41) is 11.0. The molecule has 0 saturated heterocycles. The summed E-state index contributed by atoms with van der Waals surface area (Å²) in [6.07, 6.45) is 0.785. The highest BCUT2D eigenvalue weighted by atomic mass is 32.1. The largest absolute Gasteiger partial charge is 0.344 e. The van der Waals surface area contributed by atoms with E-state index < -0.39 is 0 Å². The number of rotatable bonds is 3. The van der Waals surface area contributed by atoms with E-state index in [1.807, 2.05) is 31.4 Å². The Morgan fingerprint density at radius 1 is 1.62 bits per heavy atom. The molecular weight excluding hydrogens is 218 g/mol. The predicted molar refractivity (Wildman–Crippen MR) is 65.3 cm³/mol. The SMILES string of the molecule is CCC(C#N)c1nc(-c2cccs2)c(C)[nH]1. The molecule has 0 aliphatic heterocycles. The highest BCUT2D eigenvalue weighted by Gasteiger charge is 2.16. The first-order valence-corrected chi connectivity index (χ1v) is 6.14. The van der Waals surface area contributed by atoms with Crippen molar-refractivity contribution in [2.45, 2.75) is 26.2 Å². The Balaban J connectivity index is 2.40. The van der Waals surface area contributed by atoms with E-state index in [4.69, 9.17) is 5.26 Å². The second-order valence-electron chi connectivity index (χ2n) is 3.66. The summed E-state index contributed by atoms with van der Waals surface area (Å²) in [6.45, 7) is 3.99. The van der Waals surface area contributed by atoms with Gasteiger partial charge in [-0.25, -0.2) is 4.98 Å². The Morgan fingerprint density at radius 2 is 2.44 bits per heavy atom. The van der Waals surface area contributed by atoms with Gasteiger partial charge in [-0.15, -0.1) is 11.3 Å². The van der Waals surface area contributed by atoms with Crippen molar-refractivity contribution in [1.82, 2.24) is 9.97 Å². The summed E-state index contributed by atoms with van der Waals surface area (Å²) >= 11 is 1.67. The van der Waals surface area contributed by atoms with Crippen LogP contribution >= 0.6 is 11.3 Å². The second kappa shape index (κ2) is 4.50. The molecule has 0 bridgehead atoms. The quantitative estimate of drug-likeness (QED) is 0.879. The zero-order chi connectivity index (χ0) is 11.5. The summed E-state index contributed by atoms with van der Waals surface area (Å²) in [4.78, 5) is 8.88. The predicted octanol–water partition coefficient (Wildman–Crippen LogP) is 3.46. The number of nitrogens with one attached hydrogen (secondary N) is 1. The molecule has 3 nitrogen and oxygen atoms in total. The lowest BCUT2D eigenvalue weighted by molar-refractivity contribution is 0.764. The fourth-order valence-electron chi connectivity index (χ4n) is 1.65. The van der Waals surface area contributed by atoms with Crippen LogP contribution in [0.2, 0.25) is 0 Å². The molecule has 1 N–H and O–H groups in total. The Labute approximate surface area is 98.8 Å². The number of aryl methyl sites for hydroxylation is 1. The third kappa shape index (κ3) is 1.86. The molecule has 0 radical (unpaired) electrons. The number of nitrogens with zero attached hydrogens (tertiary/aromatic N) is 2. The van der Waals surface area contributed by atoms with Gasteiger partial charge < -0.3 is 4.98 Å². The van der Waals surface area contributed by atoms with Crippen molar-refractivity contribution < 1.29 is 0 Å². The number of nitriles is 1. The monoisotopic (exact) mass is 231 g/mol. The van der Waals surface area contributed by atoms with Crippen molar-refractivity contribution in [2.75, 3.05) is 0 Å². The molecule has 0 aliphatic carbocycles. The highest BCUT2D eigenvalue weighted by molar-refractivity contribution is 7.13. The van der Waals surface area contributed by atoms with Crippen LogP contribution in [0.15, 0.2) is 17.5 Å². The third-order valence-electron chi connectivity index (χ3n) is 2.55. The van der Waals surface area contributed by atoms with Crippen molar-refractivity contribution in [3.8, 4) is 16.6 Å². The van der Waals surface area contributed by atoms with Crippen molar-refractivity contribution >= 4 is 11.3 Å². The fourth-order valence-corrected chi connectivity index (χ4v) is 2.42. The molecule has 1 unspecified atom stereocenters. The number of aromatic nitrogens is 2. The lowest BCUT2D eigenvalue weighted by Gasteiger charge is -1.99. The lowest BCUT2D eigenvalue weighted by atomic mass is 10.1. The third-order valence-corrected chi connectivity index (χ3v) is 3.43. The second-order valence-corrected chi connectivity index (χ2v) is 4.61. The van der Waals surface area contributed by atoms with Gasteiger partial charge >= 0.3 is 0 Å². The number of hydrogen-bond acceptors (Lipinski definition) is 3. The molecule has 2 aromatic rings. The molecule has 2 rings (SSSR count). The molecule has 0 spiro atoms. The van der Waals surface area contributed by atoms with Crippen LogP contribution in [-0.4, -0.2) is 9.97 Å². The molecular formula is C12H13N3S. The minimum Gasteiger partial charge on any atom is -0.344 e. The van der Waals surface area contributed by atoms with Crippen molar-refractivity contribution in [2.24, 2.45) is 0 Å². The van der Waals surface area contributed by atoms with Crippen LogP contribution < -0.4 is 0 Å². The molecule has 0 fully saturated rings. The molecule has 1 atom stereocenters. The Kier molecular flexibility index (Phi) is 3.07. The van der Waals surface area contributed by atoms with Crippen LogP contribution in [-0.2, 0) is 0 Å². The van der Waals surface area contributed by atoms with Gasteiger partial charge in [0.25, 0.3) is 0 Å². The van der Waals surface area contributed by atoms with E-state index >= 15 is 0 Å².